The van der Waals surface area contributed by atoms with Crippen molar-refractivity contribution in [2.24, 2.45) is 23.0 Å². The SMILES string of the molecule is CC1(C)CB(c2ccc3c(c2)[nH]c2c(C=O)cnc(NC(C4CC4)C4CC4)c23)OC1(C)C.CN. The molecule has 0 bridgehead atoms. The smallest absolute Gasteiger partial charge is 0.328 e. The number of rotatable bonds is 6. The molecule has 3 heterocycles. The molecule has 6 rings (SSSR count). The molecule has 34 heavy (non-hydrogen) atoms. The zero-order valence-corrected chi connectivity index (χ0v) is 21.1. The standard InChI is InChI=1S/C26H32BN3O2.CH5N/c1-25(2)14-27(32-26(25,3)4)18-9-10-19-20(11-18)29-23-17(13-31)12-28-24(21(19)23)30-22(15-5-6-15)16-7-8-16;1-2/h9-13,15-16,22,29H,5-8,14H2,1-4H3,(H,28,30);2H2,1H3. The van der Waals surface area contributed by atoms with Crippen LogP contribution in [0.2, 0.25) is 6.32 Å². The van der Waals surface area contributed by atoms with Gasteiger partial charge in [-0.15, -0.1) is 0 Å². The molecule has 1 aromatic carbocycles. The normalized spacial score (nSPS) is 21.1. The average molecular weight is 460 g/mol. The molecule has 1 aliphatic heterocycles. The zero-order chi connectivity index (χ0) is 24.3. The van der Waals surface area contributed by atoms with Gasteiger partial charge in [0.1, 0.15) is 5.82 Å². The number of H-pyrrole nitrogens is 1. The van der Waals surface area contributed by atoms with Crippen LogP contribution >= 0.6 is 0 Å². The van der Waals surface area contributed by atoms with E-state index >= 15 is 0 Å². The lowest BCUT2D eigenvalue weighted by atomic mass is 9.54. The zero-order valence-electron chi connectivity index (χ0n) is 21.1. The Kier molecular flexibility index (Phi) is 5.76. The van der Waals surface area contributed by atoms with Crippen molar-refractivity contribution in [3.8, 4) is 0 Å². The highest BCUT2D eigenvalue weighted by Crippen LogP contribution is 2.47. The number of nitrogens with two attached hydrogens (primary N) is 1. The van der Waals surface area contributed by atoms with Gasteiger partial charge in [0.15, 0.2) is 6.29 Å². The summed E-state index contributed by atoms with van der Waals surface area (Å²) in [7, 11) is 1.50. The summed E-state index contributed by atoms with van der Waals surface area (Å²) in [6.07, 6.45) is 8.86. The van der Waals surface area contributed by atoms with Gasteiger partial charge in [0.05, 0.1) is 22.1 Å². The molecule has 180 valence electrons. The number of aromatic amines is 1. The van der Waals surface area contributed by atoms with Crippen LogP contribution in [0, 0.1) is 17.3 Å². The average Bonchev–Trinajstić information content (AvgIpc) is 3.74. The first-order valence-corrected chi connectivity index (χ1v) is 12.7. The van der Waals surface area contributed by atoms with Crippen molar-refractivity contribution in [3.05, 3.63) is 30.0 Å². The first-order chi connectivity index (χ1) is 16.3. The van der Waals surface area contributed by atoms with Gasteiger partial charge in [-0.3, -0.25) is 4.79 Å². The molecule has 3 aliphatic rings. The van der Waals surface area contributed by atoms with Crippen molar-refractivity contribution in [2.45, 2.75) is 71.3 Å². The Morgan fingerprint density at radius 1 is 1.18 bits per heavy atom. The molecule has 2 aliphatic carbocycles. The lowest BCUT2D eigenvalue weighted by molar-refractivity contribution is 0.0375. The van der Waals surface area contributed by atoms with E-state index in [2.05, 4.69) is 61.9 Å². The van der Waals surface area contributed by atoms with Crippen LogP contribution in [0.5, 0.6) is 0 Å². The minimum atomic E-state index is -0.167. The third kappa shape index (κ3) is 3.93. The molecular weight excluding hydrogens is 423 g/mol. The summed E-state index contributed by atoms with van der Waals surface area (Å²) in [5.74, 6) is 2.45. The minimum absolute atomic E-state index is 0.0752. The molecule has 7 heteroatoms. The maximum atomic E-state index is 11.8. The van der Waals surface area contributed by atoms with E-state index in [9.17, 15) is 4.79 Å². The number of aldehydes is 1. The van der Waals surface area contributed by atoms with E-state index in [4.69, 9.17) is 9.64 Å². The first kappa shape index (κ1) is 23.4. The van der Waals surface area contributed by atoms with Gasteiger partial charge in [0, 0.05) is 23.1 Å². The highest BCUT2D eigenvalue weighted by Gasteiger charge is 2.49. The number of nitrogens with one attached hydrogen (secondary N) is 2. The second-order valence-electron chi connectivity index (χ2n) is 11.4. The van der Waals surface area contributed by atoms with Crippen LogP contribution in [-0.2, 0) is 4.65 Å². The molecule has 0 atom stereocenters. The maximum absolute atomic E-state index is 11.8. The maximum Gasteiger partial charge on any atom is 0.328 e. The molecule has 3 fully saturated rings. The van der Waals surface area contributed by atoms with E-state index in [-0.39, 0.29) is 17.9 Å². The molecule has 6 nitrogen and oxygen atoms in total. The molecule has 3 aromatic rings. The number of anilines is 1. The number of carbonyl (C=O) groups is 1. The van der Waals surface area contributed by atoms with Gasteiger partial charge >= 0.3 is 6.92 Å². The summed E-state index contributed by atoms with van der Waals surface area (Å²) in [6, 6.07) is 7.08. The molecule has 0 spiro atoms. The third-order valence-corrected chi connectivity index (χ3v) is 8.51. The summed E-state index contributed by atoms with van der Waals surface area (Å²) < 4.78 is 6.47. The lowest BCUT2D eigenvalue weighted by Gasteiger charge is -2.34. The fraction of sp³-hybridized carbons (Fsp3) is 0.556. The van der Waals surface area contributed by atoms with E-state index < -0.39 is 0 Å². The predicted molar refractivity (Wildman–Crippen MR) is 141 cm³/mol. The summed E-state index contributed by atoms with van der Waals surface area (Å²) in [5.41, 5.74) is 8.16. The van der Waals surface area contributed by atoms with Crippen molar-refractivity contribution >= 4 is 46.3 Å². The molecule has 0 unspecified atom stereocenters. The predicted octanol–water partition coefficient (Wildman–Crippen LogP) is 4.74. The fourth-order valence-electron chi connectivity index (χ4n) is 5.48. The van der Waals surface area contributed by atoms with Crippen LogP contribution in [0.25, 0.3) is 21.8 Å². The highest BCUT2D eigenvalue weighted by molar-refractivity contribution is 6.68. The number of benzene rings is 1. The van der Waals surface area contributed by atoms with Crippen molar-refractivity contribution in [1.29, 1.82) is 0 Å². The van der Waals surface area contributed by atoms with Crippen molar-refractivity contribution in [2.75, 3.05) is 12.4 Å². The summed E-state index contributed by atoms with van der Waals surface area (Å²) in [6.45, 7) is 9.01. The molecule has 0 radical (unpaired) electrons. The van der Waals surface area contributed by atoms with E-state index in [0.717, 1.165) is 52.1 Å². The Balaban J connectivity index is 0.00000117. The minimum Gasteiger partial charge on any atom is -0.426 e. The number of nitrogens with zero attached hydrogens (tertiary/aromatic N) is 1. The van der Waals surface area contributed by atoms with Gasteiger partial charge in [-0.1, -0.05) is 26.0 Å². The number of hydrogen-bond acceptors (Lipinski definition) is 5. The van der Waals surface area contributed by atoms with Crippen LogP contribution in [0.4, 0.5) is 5.82 Å². The topological polar surface area (TPSA) is 93.0 Å². The van der Waals surface area contributed by atoms with E-state index in [1.54, 1.807) is 6.20 Å². The number of aromatic nitrogens is 2. The van der Waals surface area contributed by atoms with Crippen LogP contribution in [0.15, 0.2) is 24.4 Å². The van der Waals surface area contributed by atoms with Gasteiger partial charge < -0.3 is 20.7 Å². The Morgan fingerprint density at radius 3 is 2.41 bits per heavy atom. The second-order valence-corrected chi connectivity index (χ2v) is 11.4. The van der Waals surface area contributed by atoms with Crippen LogP contribution < -0.4 is 16.5 Å². The molecule has 2 aromatic heterocycles. The summed E-state index contributed by atoms with van der Waals surface area (Å²) >= 11 is 0. The quantitative estimate of drug-likeness (QED) is 0.365. The lowest BCUT2D eigenvalue weighted by Crippen LogP contribution is -2.36. The van der Waals surface area contributed by atoms with Crippen molar-refractivity contribution in [1.82, 2.24) is 9.97 Å². The fourth-order valence-corrected chi connectivity index (χ4v) is 5.48. The molecule has 2 saturated carbocycles. The molecule has 0 amide bonds. The largest absolute Gasteiger partial charge is 0.426 e. The Labute approximate surface area is 202 Å². The number of fused-ring (bicyclic) bond motifs is 3. The molecule has 4 N–H and O–H groups in total. The van der Waals surface area contributed by atoms with Gasteiger partial charge in [-0.25, -0.2) is 4.98 Å². The van der Waals surface area contributed by atoms with Crippen LogP contribution in [0.3, 0.4) is 0 Å². The van der Waals surface area contributed by atoms with E-state index in [1.807, 2.05) is 0 Å². The second kappa shape index (κ2) is 8.38. The van der Waals surface area contributed by atoms with Gasteiger partial charge in [0.25, 0.3) is 0 Å². The van der Waals surface area contributed by atoms with Crippen LogP contribution in [0.1, 0.15) is 63.7 Å². The van der Waals surface area contributed by atoms with Crippen LogP contribution in [-0.4, -0.2) is 41.9 Å². The first-order valence-electron chi connectivity index (χ1n) is 12.7. The summed E-state index contributed by atoms with van der Waals surface area (Å²) in [4.78, 5) is 20.0. The monoisotopic (exact) mass is 460 g/mol. The number of pyridine rings is 1. The summed E-state index contributed by atoms with van der Waals surface area (Å²) in [5, 5.41) is 5.95. The van der Waals surface area contributed by atoms with Crippen molar-refractivity contribution in [3.63, 3.8) is 0 Å². The third-order valence-electron chi connectivity index (χ3n) is 8.51. The highest BCUT2D eigenvalue weighted by atomic mass is 16.5. The van der Waals surface area contributed by atoms with Gasteiger partial charge in [-0.05, 0) is 81.7 Å². The molecule has 1 saturated heterocycles. The van der Waals surface area contributed by atoms with Gasteiger partial charge in [0.2, 0.25) is 0 Å². The Hall–Kier alpha value is -2.38. The Bertz CT molecular complexity index is 1200. The number of hydrogen-bond donors (Lipinski definition) is 3. The van der Waals surface area contributed by atoms with Crippen molar-refractivity contribution < 1.29 is 9.45 Å². The molecular formula is C27H37BN4O2. The Morgan fingerprint density at radius 2 is 1.85 bits per heavy atom. The van der Waals surface area contributed by atoms with Gasteiger partial charge in [-0.2, -0.15) is 0 Å². The van der Waals surface area contributed by atoms with E-state index in [1.165, 1.54) is 38.2 Å². The number of carbonyl (C=O) groups excluding carboxylic acids is 1. The van der Waals surface area contributed by atoms with E-state index in [0.29, 0.717) is 11.6 Å².